The molecule has 104 valence electrons. The van der Waals surface area contributed by atoms with E-state index in [9.17, 15) is 14.7 Å². The van der Waals surface area contributed by atoms with E-state index < -0.39 is 30.0 Å². The second-order valence-electron chi connectivity index (χ2n) is 4.93. The van der Waals surface area contributed by atoms with E-state index in [2.05, 4.69) is 0 Å². The molecule has 2 heterocycles. The lowest BCUT2D eigenvalue weighted by Gasteiger charge is -2.49. The number of amides is 1. The van der Waals surface area contributed by atoms with Crippen molar-refractivity contribution in [3.8, 4) is 0 Å². The first kappa shape index (κ1) is 13.6. The van der Waals surface area contributed by atoms with Crippen LogP contribution in [-0.4, -0.2) is 39.1 Å². The third kappa shape index (κ3) is 2.35. The number of rotatable bonds is 5. The number of furan rings is 1. The number of carboxylic acids is 1. The minimum absolute atomic E-state index is 0.232. The summed E-state index contributed by atoms with van der Waals surface area (Å²) in [4.78, 5) is 24.6. The molecule has 6 heteroatoms. The van der Waals surface area contributed by atoms with E-state index in [1.54, 1.807) is 19.1 Å². The van der Waals surface area contributed by atoms with Crippen LogP contribution in [0.15, 0.2) is 22.8 Å². The summed E-state index contributed by atoms with van der Waals surface area (Å²) in [5.41, 5.74) is 0. The lowest BCUT2D eigenvalue weighted by Crippen LogP contribution is -2.66. The van der Waals surface area contributed by atoms with Gasteiger partial charge in [0.05, 0.1) is 36.8 Å². The second-order valence-corrected chi connectivity index (χ2v) is 4.93. The number of carbonyl (C=O) groups excluding carboxylic acids is 1. The highest BCUT2D eigenvalue weighted by molar-refractivity contribution is 5.88. The smallest absolute Gasteiger partial charge is 0.308 e. The number of β-lactam (4-membered cyclic amide) rings is 1. The highest BCUT2D eigenvalue weighted by atomic mass is 16.4. The number of likely N-dealkylation sites (tertiary alicyclic amines) is 1. The number of aliphatic hydroxyl groups excluding tert-OH is 1. The molecule has 0 saturated carbocycles. The van der Waals surface area contributed by atoms with Crippen LogP contribution in [0.4, 0.5) is 0 Å². The molecule has 1 aliphatic heterocycles. The first-order valence-electron chi connectivity index (χ1n) is 6.17. The van der Waals surface area contributed by atoms with Gasteiger partial charge >= 0.3 is 5.97 Å². The number of carboxylic acid groups (broad SMARTS) is 1. The fraction of sp³-hybridized carbons (Fsp3) is 0.538. The van der Waals surface area contributed by atoms with Gasteiger partial charge in [0.2, 0.25) is 5.91 Å². The van der Waals surface area contributed by atoms with Crippen molar-refractivity contribution in [2.75, 3.05) is 0 Å². The normalized spacial score (nSPS) is 25.8. The largest absolute Gasteiger partial charge is 0.481 e. The Kier molecular flexibility index (Phi) is 3.61. The molecule has 6 nitrogen and oxygen atoms in total. The summed E-state index contributed by atoms with van der Waals surface area (Å²) in [6.07, 6.45) is 0.647. The molecule has 0 aromatic carbocycles. The molecule has 2 N–H and O–H groups in total. The molecule has 0 aliphatic carbocycles. The zero-order chi connectivity index (χ0) is 14.2. The predicted octanol–water partition coefficient (Wildman–Crippen LogP) is 0.708. The zero-order valence-corrected chi connectivity index (χ0v) is 10.8. The number of nitrogens with zero attached hydrogens (tertiary/aromatic N) is 1. The van der Waals surface area contributed by atoms with Crippen LogP contribution in [0.25, 0.3) is 0 Å². The fourth-order valence-corrected chi connectivity index (χ4v) is 2.57. The average Bonchev–Trinajstić information content (AvgIpc) is 2.83. The summed E-state index contributed by atoms with van der Waals surface area (Å²) in [5.74, 6) is -1.99. The maximum Gasteiger partial charge on any atom is 0.308 e. The number of hydrogen-bond donors (Lipinski definition) is 2. The van der Waals surface area contributed by atoms with Crippen molar-refractivity contribution in [1.29, 1.82) is 0 Å². The fourth-order valence-electron chi connectivity index (χ4n) is 2.57. The molecule has 1 amide bonds. The molecule has 0 spiro atoms. The van der Waals surface area contributed by atoms with Gasteiger partial charge in [0.1, 0.15) is 5.76 Å². The van der Waals surface area contributed by atoms with Crippen LogP contribution >= 0.6 is 0 Å². The standard InChI is InChI=1S/C13H17NO5/c1-7(13(17)18)11-10(8(2)15)12(16)14(11)6-9-4-3-5-19-9/h3-5,7-8,10-11,15H,6H2,1-2H3,(H,17,18)/t7-,8+,10-,11-/m1/s1. The SMILES string of the molecule is C[C@H](O)[C@H]1C(=O)N(Cc2ccco2)[C@@H]1[C@@H](C)C(=O)O. The van der Waals surface area contributed by atoms with E-state index in [4.69, 9.17) is 9.52 Å². The number of aliphatic carboxylic acids is 1. The van der Waals surface area contributed by atoms with Crippen LogP contribution in [0.3, 0.4) is 0 Å². The lowest BCUT2D eigenvalue weighted by molar-refractivity contribution is -0.174. The van der Waals surface area contributed by atoms with E-state index in [0.717, 1.165) is 0 Å². The van der Waals surface area contributed by atoms with Crippen molar-refractivity contribution in [3.05, 3.63) is 24.2 Å². The maximum atomic E-state index is 12.0. The van der Waals surface area contributed by atoms with Gasteiger partial charge in [-0.25, -0.2) is 0 Å². The molecule has 2 rings (SSSR count). The highest BCUT2D eigenvalue weighted by Gasteiger charge is 2.53. The molecule has 1 fully saturated rings. The molecule has 0 radical (unpaired) electrons. The summed E-state index contributed by atoms with van der Waals surface area (Å²) < 4.78 is 5.17. The lowest BCUT2D eigenvalue weighted by atomic mass is 9.76. The Labute approximate surface area is 110 Å². The van der Waals surface area contributed by atoms with Gasteiger partial charge in [-0.2, -0.15) is 0 Å². The maximum absolute atomic E-state index is 12.0. The van der Waals surface area contributed by atoms with Crippen LogP contribution in [-0.2, 0) is 16.1 Å². The number of hydrogen-bond acceptors (Lipinski definition) is 4. The Balaban J connectivity index is 2.17. The Morgan fingerprint density at radius 2 is 2.21 bits per heavy atom. The van der Waals surface area contributed by atoms with Crippen LogP contribution < -0.4 is 0 Å². The highest BCUT2D eigenvalue weighted by Crippen LogP contribution is 2.36. The molecule has 0 bridgehead atoms. The monoisotopic (exact) mass is 267 g/mol. The van der Waals surface area contributed by atoms with Gasteiger partial charge in [-0.15, -0.1) is 0 Å². The first-order valence-corrected chi connectivity index (χ1v) is 6.17. The topological polar surface area (TPSA) is 91.0 Å². The molecular weight excluding hydrogens is 250 g/mol. The number of carbonyl (C=O) groups is 2. The molecule has 1 aromatic heterocycles. The van der Waals surface area contributed by atoms with Gasteiger partial charge < -0.3 is 19.5 Å². The van der Waals surface area contributed by atoms with Crippen molar-refractivity contribution in [3.63, 3.8) is 0 Å². The van der Waals surface area contributed by atoms with E-state index in [0.29, 0.717) is 5.76 Å². The predicted molar refractivity (Wildman–Crippen MR) is 65.0 cm³/mol. The van der Waals surface area contributed by atoms with Crippen molar-refractivity contribution >= 4 is 11.9 Å². The van der Waals surface area contributed by atoms with E-state index >= 15 is 0 Å². The zero-order valence-electron chi connectivity index (χ0n) is 10.8. The summed E-state index contributed by atoms with van der Waals surface area (Å²) in [6, 6.07) is 2.93. The molecule has 1 saturated heterocycles. The van der Waals surface area contributed by atoms with Gasteiger partial charge in [0, 0.05) is 0 Å². The molecule has 0 unspecified atom stereocenters. The molecular formula is C13H17NO5. The minimum Gasteiger partial charge on any atom is -0.481 e. The quantitative estimate of drug-likeness (QED) is 0.767. The summed E-state index contributed by atoms with van der Waals surface area (Å²) in [7, 11) is 0. The van der Waals surface area contributed by atoms with E-state index in [1.807, 2.05) is 0 Å². The third-order valence-corrected chi connectivity index (χ3v) is 3.62. The van der Waals surface area contributed by atoms with Crippen LogP contribution in [0.2, 0.25) is 0 Å². The Morgan fingerprint density at radius 1 is 1.53 bits per heavy atom. The second kappa shape index (κ2) is 5.05. The molecule has 1 aromatic rings. The van der Waals surface area contributed by atoms with Crippen molar-refractivity contribution < 1.29 is 24.2 Å². The van der Waals surface area contributed by atoms with Crippen molar-refractivity contribution in [2.24, 2.45) is 11.8 Å². The van der Waals surface area contributed by atoms with Crippen LogP contribution in [0, 0.1) is 11.8 Å². The minimum atomic E-state index is -0.979. The third-order valence-electron chi connectivity index (χ3n) is 3.62. The first-order chi connectivity index (χ1) is 8.93. The van der Waals surface area contributed by atoms with E-state index in [-0.39, 0.29) is 12.5 Å². The molecule has 4 atom stereocenters. The summed E-state index contributed by atoms with van der Waals surface area (Å²) >= 11 is 0. The Morgan fingerprint density at radius 3 is 2.68 bits per heavy atom. The van der Waals surface area contributed by atoms with Gasteiger partial charge in [-0.3, -0.25) is 9.59 Å². The number of aliphatic hydroxyl groups is 1. The van der Waals surface area contributed by atoms with Gasteiger partial charge in [0.15, 0.2) is 0 Å². The Hall–Kier alpha value is -1.82. The molecule has 1 aliphatic rings. The van der Waals surface area contributed by atoms with Crippen LogP contribution in [0.1, 0.15) is 19.6 Å². The van der Waals surface area contributed by atoms with Gasteiger partial charge in [-0.05, 0) is 26.0 Å². The Bertz CT molecular complexity index is 467. The summed E-state index contributed by atoms with van der Waals surface area (Å²) in [6.45, 7) is 3.29. The van der Waals surface area contributed by atoms with Crippen molar-refractivity contribution in [1.82, 2.24) is 4.90 Å². The van der Waals surface area contributed by atoms with Gasteiger partial charge in [-0.1, -0.05) is 0 Å². The van der Waals surface area contributed by atoms with Crippen molar-refractivity contribution in [2.45, 2.75) is 32.5 Å². The van der Waals surface area contributed by atoms with Gasteiger partial charge in [0.25, 0.3) is 0 Å². The van der Waals surface area contributed by atoms with Crippen LogP contribution in [0.5, 0.6) is 0 Å². The molecule has 19 heavy (non-hydrogen) atoms. The average molecular weight is 267 g/mol. The summed E-state index contributed by atoms with van der Waals surface area (Å²) in [5, 5.41) is 18.7. The van der Waals surface area contributed by atoms with E-state index in [1.165, 1.54) is 18.1 Å².